The van der Waals surface area contributed by atoms with Crippen molar-refractivity contribution in [2.24, 2.45) is 0 Å². The summed E-state index contributed by atoms with van der Waals surface area (Å²) in [5.74, 6) is -1.88. The van der Waals surface area contributed by atoms with Gasteiger partial charge in [0.25, 0.3) is 0 Å². The zero-order valence-electron chi connectivity index (χ0n) is 11.7. The number of carboxylic acids is 1. The maximum Gasteiger partial charge on any atom is 0.497 e. The lowest BCUT2D eigenvalue weighted by Gasteiger charge is -2.32. The molecule has 2 rings (SSSR count). The van der Waals surface area contributed by atoms with Crippen molar-refractivity contribution in [2.45, 2.75) is 38.9 Å². The van der Waals surface area contributed by atoms with E-state index < -0.39 is 30.1 Å². The van der Waals surface area contributed by atoms with E-state index in [1.807, 2.05) is 27.7 Å². The fourth-order valence-electron chi connectivity index (χ4n) is 1.88. The molecule has 4 nitrogen and oxygen atoms in total. The van der Waals surface area contributed by atoms with Gasteiger partial charge in [0.05, 0.1) is 21.8 Å². The molecular weight excluding hydrogens is 285 g/mol. The molecule has 0 radical (unpaired) electrons. The Bertz CT molecular complexity index is 558. The summed E-state index contributed by atoms with van der Waals surface area (Å²) >= 11 is 5.71. The predicted octanol–water partition coefficient (Wildman–Crippen LogP) is 2.48. The van der Waals surface area contributed by atoms with E-state index in [1.165, 1.54) is 0 Å². The Morgan fingerprint density at radius 1 is 1.25 bits per heavy atom. The Labute approximate surface area is 122 Å². The molecular formula is C13H15BClFO4. The van der Waals surface area contributed by atoms with Gasteiger partial charge >= 0.3 is 13.1 Å². The quantitative estimate of drug-likeness (QED) is 0.853. The fourth-order valence-corrected chi connectivity index (χ4v) is 2.11. The molecule has 0 spiro atoms. The van der Waals surface area contributed by atoms with Crippen molar-refractivity contribution in [1.29, 1.82) is 0 Å². The van der Waals surface area contributed by atoms with E-state index >= 15 is 0 Å². The van der Waals surface area contributed by atoms with Crippen LogP contribution in [0.5, 0.6) is 0 Å². The van der Waals surface area contributed by atoms with Gasteiger partial charge in [-0.2, -0.15) is 0 Å². The minimum Gasteiger partial charge on any atom is -0.478 e. The van der Waals surface area contributed by atoms with Gasteiger partial charge in [-0.1, -0.05) is 11.6 Å². The summed E-state index contributed by atoms with van der Waals surface area (Å²) in [5, 5.41) is 8.88. The molecule has 1 saturated heterocycles. The zero-order valence-corrected chi connectivity index (χ0v) is 12.4. The van der Waals surface area contributed by atoms with Gasteiger partial charge in [0, 0.05) is 5.46 Å². The third-order valence-electron chi connectivity index (χ3n) is 3.82. The van der Waals surface area contributed by atoms with Crippen LogP contribution in [0.25, 0.3) is 0 Å². The van der Waals surface area contributed by atoms with Gasteiger partial charge in [0.1, 0.15) is 5.82 Å². The van der Waals surface area contributed by atoms with Crippen LogP contribution in [0.4, 0.5) is 4.39 Å². The highest BCUT2D eigenvalue weighted by Crippen LogP contribution is 2.36. The molecule has 108 valence electrons. The van der Waals surface area contributed by atoms with Crippen LogP contribution in [0, 0.1) is 5.82 Å². The van der Waals surface area contributed by atoms with E-state index in [4.69, 9.17) is 26.0 Å². The summed E-state index contributed by atoms with van der Waals surface area (Å²) < 4.78 is 25.4. The molecule has 0 aliphatic carbocycles. The second kappa shape index (κ2) is 4.72. The molecule has 20 heavy (non-hydrogen) atoms. The van der Waals surface area contributed by atoms with Gasteiger partial charge in [-0.3, -0.25) is 0 Å². The average molecular weight is 301 g/mol. The summed E-state index contributed by atoms with van der Waals surface area (Å²) in [4.78, 5) is 11.1. The summed E-state index contributed by atoms with van der Waals surface area (Å²) in [6.07, 6.45) is 0. The Morgan fingerprint density at radius 3 is 2.20 bits per heavy atom. The van der Waals surface area contributed by atoms with Crippen molar-refractivity contribution in [3.8, 4) is 0 Å². The number of halogens is 2. The lowest BCUT2D eigenvalue weighted by Crippen LogP contribution is -2.41. The van der Waals surface area contributed by atoms with Crippen LogP contribution in [-0.4, -0.2) is 29.4 Å². The smallest absolute Gasteiger partial charge is 0.478 e. The van der Waals surface area contributed by atoms with E-state index in [0.29, 0.717) is 0 Å². The molecule has 0 saturated carbocycles. The topological polar surface area (TPSA) is 55.8 Å². The maximum atomic E-state index is 14.0. The molecule has 1 fully saturated rings. The van der Waals surface area contributed by atoms with Crippen LogP contribution >= 0.6 is 11.6 Å². The molecule has 0 bridgehead atoms. The SMILES string of the molecule is CC1(C)OB(c2cc(C(=O)O)c(Cl)cc2F)OC1(C)C. The van der Waals surface area contributed by atoms with Gasteiger partial charge < -0.3 is 14.4 Å². The number of carbonyl (C=O) groups is 1. The first kappa shape index (κ1) is 15.3. The highest BCUT2D eigenvalue weighted by molar-refractivity contribution is 6.62. The Hall–Kier alpha value is -1.11. The van der Waals surface area contributed by atoms with Gasteiger partial charge in [0.2, 0.25) is 0 Å². The zero-order chi connectivity index (χ0) is 15.3. The number of benzene rings is 1. The number of aromatic carboxylic acids is 1. The molecule has 1 aliphatic rings. The molecule has 0 aromatic heterocycles. The van der Waals surface area contributed by atoms with E-state index in [1.54, 1.807) is 0 Å². The van der Waals surface area contributed by atoms with E-state index in [9.17, 15) is 9.18 Å². The first-order chi connectivity index (χ1) is 9.05. The normalized spacial score (nSPS) is 20.2. The monoisotopic (exact) mass is 300 g/mol. The summed E-state index contributed by atoms with van der Waals surface area (Å²) in [5.41, 5.74) is -1.41. The Balaban J connectivity index is 2.45. The minimum absolute atomic E-state index is 0.0328. The highest BCUT2D eigenvalue weighted by Gasteiger charge is 2.52. The van der Waals surface area contributed by atoms with Crippen molar-refractivity contribution in [3.63, 3.8) is 0 Å². The molecule has 0 amide bonds. The molecule has 0 unspecified atom stereocenters. The molecule has 0 atom stereocenters. The Kier molecular flexibility index (Phi) is 3.61. The summed E-state index contributed by atoms with van der Waals surface area (Å²) in [6.45, 7) is 7.33. The predicted molar refractivity (Wildman–Crippen MR) is 74.1 cm³/mol. The second-order valence-corrected chi connectivity index (χ2v) is 6.15. The van der Waals surface area contributed by atoms with Crippen molar-refractivity contribution in [2.75, 3.05) is 0 Å². The third kappa shape index (κ3) is 2.43. The van der Waals surface area contributed by atoms with Gasteiger partial charge in [-0.05, 0) is 39.8 Å². The first-order valence-electron chi connectivity index (χ1n) is 6.13. The van der Waals surface area contributed by atoms with Crippen LogP contribution in [0.3, 0.4) is 0 Å². The third-order valence-corrected chi connectivity index (χ3v) is 4.14. The minimum atomic E-state index is -1.23. The molecule has 7 heteroatoms. The molecule has 1 heterocycles. The first-order valence-corrected chi connectivity index (χ1v) is 6.51. The fraction of sp³-hybridized carbons (Fsp3) is 0.462. The number of rotatable bonds is 2. The van der Waals surface area contributed by atoms with E-state index in [0.717, 1.165) is 12.1 Å². The lowest BCUT2D eigenvalue weighted by atomic mass is 9.78. The largest absolute Gasteiger partial charge is 0.497 e. The Morgan fingerprint density at radius 2 is 1.75 bits per heavy atom. The summed E-state index contributed by atoms with van der Waals surface area (Å²) in [7, 11) is -0.963. The molecule has 1 aliphatic heterocycles. The summed E-state index contributed by atoms with van der Waals surface area (Å²) in [6, 6.07) is 2.12. The average Bonchev–Trinajstić information content (AvgIpc) is 2.47. The van der Waals surface area contributed by atoms with Gasteiger partial charge in [0.15, 0.2) is 0 Å². The van der Waals surface area contributed by atoms with Crippen LogP contribution in [-0.2, 0) is 9.31 Å². The molecule has 1 aromatic carbocycles. The van der Waals surface area contributed by atoms with Crippen molar-refractivity contribution in [3.05, 3.63) is 28.5 Å². The number of hydrogen-bond acceptors (Lipinski definition) is 3. The highest BCUT2D eigenvalue weighted by atomic mass is 35.5. The van der Waals surface area contributed by atoms with E-state index in [-0.39, 0.29) is 16.0 Å². The second-order valence-electron chi connectivity index (χ2n) is 5.75. The van der Waals surface area contributed by atoms with Crippen molar-refractivity contribution in [1.82, 2.24) is 0 Å². The maximum absolute atomic E-state index is 14.0. The van der Waals surface area contributed by atoms with E-state index in [2.05, 4.69) is 0 Å². The van der Waals surface area contributed by atoms with Crippen LogP contribution in [0.1, 0.15) is 38.1 Å². The van der Waals surface area contributed by atoms with Crippen molar-refractivity contribution < 1.29 is 23.6 Å². The molecule has 1 aromatic rings. The van der Waals surface area contributed by atoms with Crippen LogP contribution < -0.4 is 5.46 Å². The van der Waals surface area contributed by atoms with Crippen LogP contribution in [0.15, 0.2) is 12.1 Å². The lowest BCUT2D eigenvalue weighted by molar-refractivity contribution is 0.00578. The standard InChI is InChI=1S/C13H15BClFO4/c1-12(2)13(3,4)20-14(19-12)8-5-7(11(17)18)9(15)6-10(8)16/h5-6H,1-4H3,(H,17,18). The number of carboxylic acid groups (broad SMARTS) is 1. The van der Waals surface area contributed by atoms with Gasteiger partial charge in [-0.25, -0.2) is 9.18 Å². The van der Waals surface area contributed by atoms with Crippen molar-refractivity contribution >= 4 is 30.2 Å². The molecule has 1 N–H and O–H groups in total. The van der Waals surface area contributed by atoms with Gasteiger partial charge in [-0.15, -0.1) is 0 Å². The van der Waals surface area contributed by atoms with Crippen LogP contribution in [0.2, 0.25) is 5.02 Å². The number of hydrogen-bond donors (Lipinski definition) is 1.